The lowest BCUT2D eigenvalue weighted by Crippen LogP contribution is -2.28. The molecule has 160 valence electrons. The summed E-state index contributed by atoms with van der Waals surface area (Å²) in [6.07, 6.45) is 3.59. The lowest BCUT2D eigenvalue weighted by molar-refractivity contribution is -0.121. The standard InChI is InChI=1S/C23H23ClN4O3/c24-19-4-6-21(7-5-19)31-13-10-22(29)26-16-18-2-1-3-20(14-18)28-23(30)27-15-17-8-11-25-12-9-17/h1-9,11-12,14H,10,13,15-16H2,(H,26,29)(H2,27,28,30). The minimum atomic E-state index is -0.308. The highest BCUT2D eigenvalue weighted by atomic mass is 35.5. The third-order valence-electron chi connectivity index (χ3n) is 4.29. The number of ether oxygens (including phenoxy) is 1. The van der Waals surface area contributed by atoms with Gasteiger partial charge in [-0.15, -0.1) is 0 Å². The number of carbonyl (C=O) groups is 2. The Kier molecular flexibility index (Phi) is 8.25. The number of nitrogens with zero attached hydrogens (tertiary/aromatic N) is 1. The number of rotatable bonds is 9. The molecule has 3 N–H and O–H groups in total. The van der Waals surface area contributed by atoms with Crippen molar-refractivity contribution in [2.75, 3.05) is 11.9 Å². The topological polar surface area (TPSA) is 92.4 Å². The first-order chi connectivity index (χ1) is 15.1. The number of aromatic nitrogens is 1. The van der Waals surface area contributed by atoms with Gasteiger partial charge in [-0.05, 0) is 59.7 Å². The van der Waals surface area contributed by atoms with Crippen LogP contribution >= 0.6 is 11.6 Å². The Morgan fingerprint density at radius 3 is 2.42 bits per heavy atom. The van der Waals surface area contributed by atoms with E-state index in [0.29, 0.717) is 29.5 Å². The van der Waals surface area contributed by atoms with Crippen molar-refractivity contribution in [1.82, 2.24) is 15.6 Å². The van der Waals surface area contributed by atoms with Crippen LogP contribution in [-0.2, 0) is 17.9 Å². The average molecular weight is 439 g/mol. The Bertz CT molecular complexity index is 997. The summed E-state index contributed by atoms with van der Waals surface area (Å²) in [4.78, 5) is 28.1. The van der Waals surface area contributed by atoms with Gasteiger partial charge in [0.2, 0.25) is 5.91 Å². The molecule has 3 rings (SSSR count). The van der Waals surface area contributed by atoms with E-state index in [-0.39, 0.29) is 25.0 Å². The summed E-state index contributed by atoms with van der Waals surface area (Å²) in [6, 6.07) is 17.7. The molecule has 0 unspecified atom stereocenters. The zero-order valence-corrected chi connectivity index (χ0v) is 17.6. The van der Waals surface area contributed by atoms with Crippen LogP contribution in [-0.4, -0.2) is 23.5 Å². The van der Waals surface area contributed by atoms with Crippen LogP contribution in [0.15, 0.2) is 73.1 Å². The van der Waals surface area contributed by atoms with Crippen molar-refractivity contribution in [1.29, 1.82) is 0 Å². The Morgan fingerprint density at radius 1 is 0.903 bits per heavy atom. The average Bonchev–Trinajstić information content (AvgIpc) is 2.79. The zero-order chi connectivity index (χ0) is 21.9. The van der Waals surface area contributed by atoms with E-state index in [2.05, 4.69) is 20.9 Å². The van der Waals surface area contributed by atoms with E-state index in [0.717, 1.165) is 11.1 Å². The van der Waals surface area contributed by atoms with Crippen molar-refractivity contribution in [3.05, 3.63) is 89.2 Å². The van der Waals surface area contributed by atoms with Crippen LogP contribution in [0.5, 0.6) is 5.75 Å². The smallest absolute Gasteiger partial charge is 0.319 e. The van der Waals surface area contributed by atoms with Gasteiger partial charge in [0.1, 0.15) is 5.75 Å². The van der Waals surface area contributed by atoms with Crippen LogP contribution in [0.25, 0.3) is 0 Å². The van der Waals surface area contributed by atoms with Crippen molar-refractivity contribution in [2.24, 2.45) is 0 Å². The molecule has 0 spiro atoms. The van der Waals surface area contributed by atoms with Gasteiger partial charge < -0.3 is 20.7 Å². The number of benzene rings is 2. The molecule has 0 aliphatic rings. The number of nitrogens with one attached hydrogen (secondary N) is 3. The molecule has 31 heavy (non-hydrogen) atoms. The fraction of sp³-hybridized carbons (Fsp3) is 0.174. The molecule has 0 atom stereocenters. The fourth-order valence-electron chi connectivity index (χ4n) is 2.70. The van der Waals surface area contributed by atoms with Crippen molar-refractivity contribution >= 4 is 29.2 Å². The number of pyridine rings is 1. The van der Waals surface area contributed by atoms with E-state index in [4.69, 9.17) is 16.3 Å². The Morgan fingerprint density at radius 2 is 1.65 bits per heavy atom. The Hall–Kier alpha value is -3.58. The van der Waals surface area contributed by atoms with Gasteiger partial charge in [-0.1, -0.05) is 23.7 Å². The molecule has 7 nitrogen and oxygen atoms in total. The number of hydrogen-bond donors (Lipinski definition) is 3. The van der Waals surface area contributed by atoms with Gasteiger partial charge in [-0.25, -0.2) is 4.79 Å². The van der Waals surface area contributed by atoms with Gasteiger partial charge in [0.15, 0.2) is 0 Å². The third kappa shape index (κ3) is 7.98. The monoisotopic (exact) mass is 438 g/mol. The predicted molar refractivity (Wildman–Crippen MR) is 120 cm³/mol. The van der Waals surface area contributed by atoms with Crippen LogP contribution in [0.3, 0.4) is 0 Å². The second-order valence-corrected chi connectivity index (χ2v) is 7.13. The zero-order valence-electron chi connectivity index (χ0n) is 16.8. The number of urea groups is 1. The molecule has 1 aromatic heterocycles. The second-order valence-electron chi connectivity index (χ2n) is 6.69. The third-order valence-corrected chi connectivity index (χ3v) is 4.54. The molecule has 0 fully saturated rings. The lowest BCUT2D eigenvalue weighted by atomic mass is 10.2. The van der Waals surface area contributed by atoms with Crippen LogP contribution in [0.4, 0.5) is 10.5 Å². The van der Waals surface area contributed by atoms with E-state index >= 15 is 0 Å². The van der Waals surface area contributed by atoms with Crippen LogP contribution in [0.2, 0.25) is 5.02 Å². The molecule has 0 radical (unpaired) electrons. The molecule has 8 heteroatoms. The van der Waals surface area contributed by atoms with E-state index in [1.165, 1.54) is 0 Å². The normalized spacial score (nSPS) is 10.2. The van der Waals surface area contributed by atoms with Crippen LogP contribution in [0, 0.1) is 0 Å². The summed E-state index contributed by atoms with van der Waals surface area (Å²) in [5.41, 5.74) is 2.48. The van der Waals surface area contributed by atoms with E-state index in [1.54, 1.807) is 42.7 Å². The maximum atomic E-state index is 12.1. The maximum absolute atomic E-state index is 12.1. The molecule has 1 heterocycles. The summed E-state index contributed by atoms with van der Waals surface area (Å²) >= 11 is 5.83. The predicted octanol–water partition coefficient (Wildman–Crippen LogP) is 4.14. The van der Waals surface area contributed by atoms with Crippen LogP contribution in [0.1, 0.15) is 17.5 Å². The molecular weight excluding hydrogens is 416 g/mol. The first-order valence-electron chi connectivity index (χ1n) is 9.76. The summed E-state index contributed by atoms with van der Waals surface area (Å²) in [7, 11) is 0. The molecule has 0 saturated heterocycles. The van der Waals surface area contributed by atoms with Gasteiger partial charge >= 0.3 is 6.03 Å². The molecule has 2 aromatic carbocycles. The number of halogens is 1. The molecular formula is C23H23ClN4O3. The second kappa shape index (κ2) is 11.6. The van der Waals surface area contributed by atoms with E-state index < -0.39 is 0 Å². The summed E-state index contributed by atoms with van der Waals surface area (Å²) in [6.45, 7) is 1.03. The largest absolute Gasteiger partial charge is 0.493 e. The highest BCUT2D eigenvalue weighted by Crippen LogP contribution is 2.15. The summed E-state index contributed by atoms with van der Waals surface area (Å²) in [5, 5.41) is 9.06. The van der Waals surface area contributed by atoms with Gasteiger partial charge in [0.05, 0.1) is 13.0 Å². The quantitative estimate of drug-likeness (QED) is 0.468. The molecule has 3 aromatic rings. The number of anilines is 1. The fourth-order valence-corrected chi connectivity index (χ4v) is 2.82. The van der Waals surface area contributed by atoms with Gasteiger partial charge in [0.25, 0.3) is 0 Å². The van der Waals surface area contributed by atoms with E-state index in [1.807, 2.05) is 30.3 Å². The first-order valence-corrected chi connectivity index (χ1v) is 10.1. The van der Waals surface area contributed by atoms with Gasteiger partial charge in [-0.2, -0.15) is 0 Å². The van der Waals surface area contributed by atoms with E-state index in [9.17, 15) is 9.59 Å². The highest BCUT2D eigenvalue weighted by molar-refractivity contribution is 6.30. The van der Waals surface area contributed by atoms with Crippen LogP contribution < -0.4 is 20.7 Å². The molecule has 0 aliphatic carbocycles. The van der Waals surface area contributed by atoms with Gasteiger partial charge in [0, 0.05) is 36.2 Å². The Labute approximate surface area is 185 Å². The molecule has 0 aliphatic heterocycles. The van der Waals surface area contributed by atoms with Crippen molar-refractivity contribution < 1.29 is 14.3 Å². The Balaban J connectivity index is 1.38. The number of hydrogen-bond acceptors (Lipinski definition) is 4. The number of carbonyl (C=O) groups excluding carboxylic acids is 2. The minimum absolute atomic E-state index is 0.123. The summed E-state index contributed by atoms with van der Waals surface area (Å²) < 4.78 is 5.52. The number of amides is 3. The van der Waals surface area contributed by atoms with Crippen molar-refractivity contribution in [3.8, 4) is 5.75 Å². The van der Waals surface area contributed by atoms with Crippen molar-refractivity contribution in [2.45, 2.75) is 19.5 Å². The van der Waals surface area contributed by atoms with Crippen molar-refractivity contribution in [3.63, 3.8) is 0 Å². The minimum Gasteiger partial charge on any atom is -0.493 e. The SMILES string of the molecule is O=C(CCOc1ccc(Cl)cc1)NCc1cccc(NC(=O)NCc2ccncc2)c1. The van der Waals surface area contributed by atoms with Gasteiger partial charge in [-0.3, -0.25) is 9.78 Å². The first kappa shape index (κ1) is 22.1. The molecule has 0 bridgehead atoms. The molecule has 3 amide bonds. The molecule has 0 saturated carbocycles. The maximum Gasteiger partial charge on any atom is 0.319 e. The highest BCUT2D eigenvalue weighted by Gasteiger charge is 2.05. The summed E-state index contributed by atoms with van der Waals surface area (Å²) in [5.74, 6) is 0.542. The lowest BCUT2D eigenvalue weighted by Gasteiger charge is -2.10.